The van der Waals surface area contributed by atoms with E-state index in [1.807, 2.05) is 13.1 Å². The maximum atomic E-state index is 13.8. The van der Waals surface area contributed by atoms with Gasteiger partial charge in [-0.15, -0.1) is 11.3 Å². The molecule has 0 aliphatic carbocycles. The zero-order valence-corrected chi connectivity index (χ0v) is 13.9. The highest BCUT2D eigenvalue weighted by atomic mass is 79.9. The van der Waals surface area contributed by atoms with Crippen LogP contribution in [0.15, 0.2) is 28.7 Å². The molecule has 0 spiro atoms. The Morgan fingerprint density at radius 3 is 2.68 bits per heavy atom. The molecule has 19 heavy (non-hydrogen) atoms. The minimum absolute atomic E-state index is 0.0694. The van der Waals surface area contributed by atoms with E-state index in [4.69, 9.17) is 23.2 Å². The van der Waals surface area contributed by atoms with Crippen molar-refractivity contribution in [2.45, 2.75) is 12.5 Å². The summed E-state index contributed by atoms with van der Waals surface area (Å²) >= 11 is 16.8. The Balaban J connectivity index is 2.29. The van der Waals surface area contributed by atoms with Gasteiger partial charge in [-0.1, -0.05) is 39.1 Å². The second kappa shape index (κ2) is 6.55. The number of hydrogen-bond donors (Lipinski definition) is 1. The minimum Gasteiger partial charge on any atom is -0.313 e. The number of likely N-dealkylation sites (N-methyl/N-ethyl adjacent to an activating group) is 1. The van der Waals surface area contributed by atoms with Crippen molar-refractivity contribution in [2.24, 2.45) is 0 Å². The summed E-state index contributed by atoms with van der Waals surface area (Å²) in [6, 6.07) is 6.67. The number of hydrogen-bond acceptors (Lipinski definition) is 2. The van der Waals surface area contributed by atoms with E-state index in [9.17, 15) is 4.39 Å². The molecule has 1 unspecified atom stereocenters. The van der Waals surface area contributed by atoms with Gasteiger partial charge in [0, 0.05) is 16.1 Å². The molecule has 0 fully saturated rings. The smallest absolute Gasteiger partial charge is 0.126 e. The summed E-state index contributed by atoms with van der Waals surface area (Å²) in [5.74, 6) is -0.221. The molecule has 2 rings (SSSR count). The van der Waals surface area contributed by atoms with Crippen LogP contribution >= 0.6 is 50.5 Å². The van der Waals surface area contributed by atoms with Gasteiger partial charge in [-0.2, -0.15) is 0 Å². The first-order valence-electron chi connectivity index (χ1n) is 5.57. The van der Waals surface area contributed by atoms with Crippen LogP contribution in [0.25, 0.3) is 0 Å². The first-order valence-corrected chi connectivity index (χ1v) is 7.93. The monoisotopic (exact) mass is 381 g/mol. The molecule has 102 valence electrons. The van der Waals surface area contributed by atoms with E-state index < -0.39 is 0 Å². The van der Waals surface area contributed by atoms with Gasteiger partial charge in [-0.25, -0.2) is 4.39 Å². The average molecular weight is 383 g/mol. The van der Waals surface area contributed by atoms with Crippen molar-refractivity contribution in [3.63, 3.8) is 0 Å². The molecular formula is C13H11BrCl2FNS. The predicted octanol–water partition coefficient (Wildman–Crippen LogP) is 5.46. The topological polar surface area (TPSA) is 12.0 Å². The molecule has 0 radical (unpaired) electrons. The van der Waals surface area contributed by atoms with Gasteiger partial charge < -0.3 is 5.32 Å². The molecule has 1 aromatic carbocycles. The summed E-state index contributed by atoms with van der Waals surface area (Å²) < 4.78 is 15.9. The number of thiophene rings is 1. The first-order chi connectivity index (χ1) is 9.01. The van der Waals surface area contributed by atoms with Crippen LogP contribution in [-0.2, 0) is 6.42 Å². The largest absolute Gasteiger partial charge is 0.313 e. The van der Waals surface area contributed by atoms with Gasteiger partial charge >= 0.3 is 0 Å². The summed E-state index contributed by atoms with van der Waals surface area (Å²) in [6.07, 6.45) is 0.508. The van der Waals surface area contributed by atoms with Crippen molar-refractivity contribution >= 4 is 50.5 Å². The molecule has 0 aliphatic heterocycles. The van der Waals surface area contributed by atoms with Crippen LogP contribution in [0.5, 0.6) is 0 Å². The van der Waals surface area contributed by atoms with E-state index >= 15 is 0 Å². The van der Waals surface area contributed by atoms with Gasteiger partial charge in [0.2, 0.25) is 0 Å². The van der Waals surface area contributed by atoms with Crippen LogP contribution in [0, 0.1) is 5.82 Å². The summed E-state index contributed by atoms with van der Waals surface area (Å²) in [4.78, 5) is 0. The Morgan fingerprint density at radius 1 is 1.37 bits per heavy atom. The fourth-order valence-corrected chi connectivity index (χ4v) is 3.87. The quantitative estimate of drug-likeness (QED) is 0.740. The molecule has 0 saturated heterocycles. The maximum absolute atomic E-state index is 13.8. The van der Waals surface area contributed by atoms with Crippen molar-refractivity contribution in [1.29, 1.82) is 0 Å². The second-order valence-corrected chi connectivity index (χ2v) is 7.26. The molecule has 0 bridgehead atoms. The first kappa shape index (κ1) is 15.3. The van der Waals surface area contributed by atoms with Crippen LogP contribution in [0.2, 0.25) is 8.67 Å². The lowest BCUT2D eigenvalue weighted by Gasteiger charge is -2.16. The summed E-state index contributed by atoms with van der Waals surface area (Å²) in [5.41, 5.74) is 1.53. The van der Waals surface area contributed by atoms with E-state index in [0.29, 0.717) is 20.7 Å². The normalized spacial score (nSPS) is 12.7. The van der Waals surface area contributed by atoms with Gasteiger partial charge in [0.25, 0.3) is 0 Å². The van der Waals surface area contributed by atoms with Crippen molar-refractivity contribution < 1.29 is 4.39 Å². The van der Waals surface area contributed by atoms with Crippen molar-refractivity contribution in [1.82, 2.24) is 5.32 Å². The van der Waals surface area contributed by atoms with E-state index in [0.717, 1.165) is 10.0 Å². The molecule has 0 saturated carbocycles. The van der Waals surface area contributed by atoms with Crippen LogP contribution in [0.3, 0.4) is 0 Å². The number of benzene rings is 1. The van der Waals surface area contributed by atoms with Crippen LogP contribution in [0.1, 0.15) is 17.2 Å². The third-order valence-electron chi connectivity index (χ3n) is 2.84. The third kappa shape index (κ3) is 3.70. The van der Waals surface area contributed by atoms with E-state index in [1.54, 1.807) is 12.1 Å². The Bertz CT molecular complexity index is 588. The van der Waals surface area contributed by atoms with E-state index in [-0.39, 0.29) is 11.9 Å². The lowest BCUT2D eigenvalue weighted by Crippen LogP contribution is -2.19. The number of halogens is 4. The molecule has 1 atom stereocenters. The van der Waals surface area contributed by atoms with Crippen molar-refractivity contribution in [3.05, 3.63) is 54.4 Å². The summed E-state index contributed by atoms with van der Waals surface area (Å²) in [6.45, 7) is 0. The van der Waals surface area contributed by atoms with Crippen molar-refractivity contribution in [3.8, 4) is 0 Å². The van der Waals surface area contributed by atoms with Gasteiger partial charge in [0.05, 0.1) is 8.67 Å². The van der Waals surface area contributed by atoms with Gasteiger partial charge in [0.15, 0.2) is 0 Å². The lowest BCUT2D eigenvalue weighted by molar-refractivity contribution is 0.555. The highest BCUT2D eigenvalue weighted by Gasteiger charge is 2.18. The molecule has 1 heterocycles. The maximum Gasteiger partial charge on any atom is 0.126 e. The fourth-order valence-electron chi connectivity index (χ4n) is 1.88. The summed E-state index contributed by atoms with van der Waals surface area (Å²) in [7, 11) is 1.82. The molecule has 1 nitrogen and oxygen atoms in total. The molecule has 0 amide bonds. The van der Waals surface area contributed by atoms with E-state index in [2.05, 4.69) is 21.2 Å². The number of rotatable bonds is 4. The van der Waals surface area contributed by atoms with Gasteiger partial charge in [-0.05, 0) is 43.3 Å². The predicted molar refractivity (Wildman–Crippen MR) is 83.9 cm³/mol. The zero-order valence-electron chi connectivity index (χ0n) is 10.0. The fraction of sp³-hybridized carbons (Fsp3) is 0.231. The van der Waals surface area contributed by atoms with Crippen LogP contribution in [-0.4, -0.2) is 7.05 Å². The van der Waals surface area contributed by atoms with E-state index in [1.165, 1.54) is 17.4 Å². The second-order valence-electron chi connectivity index (χ2n) is 4.06. The highest BCUT2D eigenvalue weighted by Crippen LogP contribution is 2.36. The molecule has 1 N–H and O–H groups in total. The van der Waals surface area contributed by atoms with Crippen LogP contribution in [0.4, 0.5) is 4.39 Å². The summed E-state index contributed by atoms with van der Waals surface area (Å²) in [5, 5.41) is 3.15. The Hall–Kier alpha value is -0.130. The molecule has 6 heteroatoms. The Kier molecular flexibility index (Phi) is 5.26. The molecule has 2 aromatic rings. The Morgan fingerprint density at radius 2 is 2.11 bits per heavy atom. The van der Waals surface area contributed by atoms with Gasteiger partial charge in [0.1, 0.15) is 5.82 Å². The Labute approximate surface area is 133 Å². The van der Waals surface area contributed by atoms with Crippen LogP contribution < -0.4 is 5.32 Å². The third-order valence-corrected chi connectivity index (χ3v) is 4.85. The molecule has 0 aliphatic rings. The van der Waals surface area contributed by atoms with Crippen molar-refractivity contribution in [2.75, 3.05) is 7.05 Å². The SMILES string of the molecule is CNC(Cc1cc(Br)ccc1F)c1cc(Cl)sc1Cl. The zero-order chi connectivity index (χ0) is 14.0. The standard InChI is InChI=1S/C13H11BrCl2FNS/c1-18-11(9-6-12(15)19-13(9)16)5-7-4-8(14)2-3-10(7)17/h2-4,6,11,18H,5H2,1H3. The highest BCUT2D eigenvalue weighted by molar-refractivity contribution is 9.10. The number of nitrogens with one attached hydrogen (secondary N) is 1. The lowest BCUT2D eigenvalue weighted by atomic mass is 10.0. The minimum atomic E-state index is -0.221. The average Bonchev–Trinajstić information content (AvgIpc) is 2.69. The molecular weight excluding hydrogens is 372 g/mol. The molecule has 1 aromatic heterocycles. The van der Waals surface area contributed by atoms with Gasteiger partial charge in [-0.3, -0.25) is 0 Å².